The van der Waals surface area contributed by atoms with Gasteiger partial charge in [-0.1, -0.05) is 17.7 Å². The molecule has 1 aliphatic rings. The lowest BCUT2D eigenvalue weighted by atomic mass is 10.2. The Morgan fingerprint density at radius 3 is 2.94 bits per heavy atom. The Kier molecular flexibility index (Phi) is 3.91. The molecule has 0 atom stereocenters. The van der Waals surface area contributed by atoms with E-state index in [0.717, 1.165) is 14.2 Å². The van der Waals surface area contributed by atoms with E-state index in [1.807, 2.05) is 18.2 Å². The van der Waals surface area contributed by atoms with Crippen molar-refractivity contribution in [3.05, 3.63) is 32.4 Å². The molecule has 0 aromatic heterocycles. The van der Waals surface area contributed by atoms with Crippen molar-refractivity contribution < 1.29 is 0 Å². The van der Waals surface area contributed by atoms with E-state index < -0.39 is 0 Å². The molecule has 5 heteroatoms. The van der Waals surface area contributed by atoms with Gasteiger partial charge >= 0.3 is 0 Å². The standard InChI is InChI=1S/C11H13ClIN3/c12-9-5-7(1-4-10(9)13)6-15-11(14)16-8-2-3-8/h1,4-5,8H,2-3,6H2,(H3,14,15,16). The van der Waals surface area contributed by atoms with E-state index in [9.17, 15) is 0 Å². The molecule has 0 radical (unpaired) electrons. The summed E-state index contributed by atoms with van der Waals surface area (Å²) in [5.74, 6) is 0.525. The topological polar surface area (TPSA) is 50.4 Å². The van der Waals surface area contributed by atoms with E-state index in [4.69, 9.17) is 17.3 Å². The summed E-state index contributed by atoms with van der Waals surface area (Å²) in [5, 5.41) is 3.91. The number of benzene rings is 1. The second kappa shape index (κ2) is 5.23. The average molecular weight is 350 g/mol. The van der Waals surface area contributed by atoms with Crippen LogP contribution in [0.3, 0.4) is 0 Å². The summed E-state index contributed by atoms with van der Waals surface area (Å²) in [7, 11) is 0. The fourth-order valence-electron chi connectivity index (χ4n) is 1.30. The molecule has 2 rings (SSSR count). The van der Waals surface area contributed by atoms with Gasteiger partial charge in [0.25, 0.3) is 0 Å². The number of guanidine groups is 1. The van der Waals surface area contributed by atoms with Crippen molar-refractivity contribution in [1.82, 2.24) is 5.32 Å². The number of rotatable bonds is 3. The van der Waals surface area contributed by atoms with Crippen LogP contribution in [0.1, 0.15) is 18.4 Å². The summed E-state index contributed by atoms with van der Waals surface area (Å²) in [5.41, 5.74) is 6.81. The maximum absolute atomic E-state index is 6.02. The van der Waals surface area contributed by atoms with Crippen LogP contribution in [0.4, 0.5) is 0 Å². The Balaban J connectivity index is 1.94. The Bertz CT molecular complexity index is 416. The molecule has 0 heterocycles. The normalized spacial score (nSPS) is 16.2. The lowest BCUT2D eigenvalue weighted by Crippen LogP contribution is -2.33. The Morgan fingerprint density at radius 1 is 1.56 bits per heavy atom. The first-order valence-electron chi connectivity index (χ1n) is 5.15. The van der Waals surface area contributed by atoms with E-state index in [1.165, 1.54) is 12.8 Å². The summed E-state index contributed by atoms with van der Waals surface area (Å²) in [4.78, 5) is 4.27. The highest BCUT2D eigenvalue weighted by atomic mass is 127. The van der Waals surface area contributed by atoms with E-state index in [1.54, 1.807) is 0 Å². The van der Waals surface area contributed by atoms with Gasteiger partial charge in [0.15, 0.2) is 5.96 Å². The third-order valence-electron chi connectivity index (χ3n) is 2.35. The van der Waals surface area contributed by atoms with Gasteiger partial charge in [-0.15, -0.1) is 0 Å². The van der Waals surface area contributed by atoms with E-state index in [0.29, 0.717) is 18.5 Å². The van der Waals surface area contributed by atoms with Gasteiger partial charge in [0.1, 0.15) is 0 Å². The van der Waals surface area contributed by atoms with Gasteiger partial charge in [-0.05, 0) is 53.1 Å². The fraction of sp³-hybridized carbons (Fsp3) is 0.364. The highest BCUT2D eigenvalue weighted by Crippen LogP contribution is 2.20. The highest BCUT2D eigenvalue weighted by Gasteiger charge is 2.21. The molecule has 0 amide bonds. The molecule has 3 nitrogen and oxygen atoms in total. The lowest BCUT2D eigenvalue weighted by molar-refractivity contribution is 0.879. The first kappa shape index (κ1) is 12.0. The molecule has 0 spiro atoms. The summed E-state index contributed by atoms with van der Waals surface area (Å²) < 4.78 is 1.05. The predicted molar refractivity (Wildman–Crippen MR) is 75.7 cm³/mol. The molecule has 0 aliphatic heterocycles. The van der Waals surface area contributed by atoms with E-state index >= 15 is 0 Å². The minimum absolute atomic E-state index is 0.525. The second-order valence-electron chi connectivity index (χ2n) is 3.87. The summed E-state index contributed by atoms with van der Waals surface area (Å²) >= 11 is 8.22. The van der Waals surface area contributed by atoms with Gasteiger partial charge in [-0.2, -0.15) is 0 Å². The van der Waals surface area contributed by atoms with Crippen molar-refractivity contribution in [2.24, 2.45) is 10.7 Å². The van der Waals surface area contributed by atoms with Crippen molar-refractivity contribution in [2.45, 2.75) is 25.4 Å². The molecule has 86 valence electrons. The number of aliphatic imine (C=N–C) groups is 1. The van der Waals surface area contributed by atoms with E-state index in [2.05, 4.69) is 32.9 Å². The van der Waals surface area contributed by atoms with Crippen molar-refractivity contribution in [3.8, 4) is 0 Å². The van der Waals surface area contributed by atoms with Crippen molar-refractivity contribution in [3.63, 3.8) is 0 Å². The van der Waals surface area contributed by atoms with Crippen LogP contribution in [0.25, 0.3) is 0 Å². The number of nitrogens with one attached hydrogen (secondary N) is 1. The molecule has 1 fully saturated rings. The monoisotopic (exact) mass is 349 g/mol. The molecule has 1 aliphatic carbocycles. The number of nitrogens with two attached hydrogens (primary N) is 1. The molecule has 1 aromatic carbocycles. The number of nitrogens with zero attached hydrogens (tertiary/aromatic N) is 1. The minimum Gasteiger partial charge on any atom is -0.370 e. The van der Waals surface area contributed by atoms with E-state index in [-0.39, 0.29) is 0 Å². The smallest absolute Gasteiger partial charge is 0.189 e. The molecule has 0 bridgehead atoms. The molecule has 0 saturated heterocycles. The lowest BCUT2D eigenvalue weighted by Gasteiger charge is -2.04. The SMILES string of the molecule is NC(=NCc1ccc(I)c(Cl)c1)NC1CC1. The summed E-state index contributed by atoms with van der Waals surface area (Å²) in [6.07, 6.45) is 2.40. The van der Waals surface area contributed by atoms with Crippen LogP contribution in [0, 0.1) is 3.57 Å². The number of halogens is 2. The van der Waals surface area contributed by atoms with Crippen LogP contribution in [0.5, 0.6) is 0 Å². The molecular formula is C11H13ClIN3. The fourth-order valence-corrected chi connectivity index (χ4v) is 1.84. The quantitative estimate of drug-likeness (QED) is 0.500. The maximum atomic E-state index is 6.02. The Hall–Kier alpha value is -0.490. The number of hydrogen-bond donors (Lipinski definition) is 2. The zero-order valence-electron chi connectivity index (χ0n) is 8.71. The molecule has 0 unspecified atom stereocenters. The van der Waals surface area contributed by atoms with Crippen LogP contribution in [0.15, 0.2) is 23.2 Å². The van der Waals surface area contributed by atoms with Crippen molar-refractivity contribution in [1.29, 1.82) is 0 Å². The van der Waals surface area contributed by atoms with Crippen LogP contribution >= 0.6 is 34.2 Å². The minimum atomic E-state index is 0.525. The van der Waals surface area contributed by atoms with Gasteiger partial charge in [-0.25, -0.2) is 4.99 Å². The third kappa shape index (κ3) is 3.52. The first-order valence-corrected chi connectivity index (χ1v) is 6.61. The summed E-state index contributed by atoms with van der Waals surface area (Å²) in [6.45, 7) is 0.572. The van der Waals surface area contributed by atoms with Crippen molar-refractivity contribution >= 4 is 40.2 Å². The Morgan fingerprint density at radius 2 is 2.31 bits per heavy atom. The second-order valence-corrected chi connectivity index (χ2v) is 5.44. The molecule has 16 heavy (non-hydrogen) atoms. The first-order chi connectivity index (χ1) is 7.65. The van der Waals surface area contributed by atoms with Gasteiger partial charge in [-0.3, -0.25) is 0 Å². The molecule has 1 aromatic rings. The van der Waals surface area contributed by atoms with Crippen LogP contribution in [0.2, 0.25) is 5.02 Å². The number of hydrogen-bond acceptors (Lipinski definition) is 1. The molecule has 3 N–H and O–H groups in total. The largest absolute Gasteiger partial charge is 0.370 e. The zero-order valence-corrected chi connectivity index (χ0v) is 11.6. The average Bonchev–Trinajstić information content (AvgIpc) is 3.04. The third-order valence-corrected chi connectivity index (χ3v) is 3.92. The zero-order chi connectivity index (χ0) is 11.5. The predicted octanol–water partition coefficient (Wildman–Crippen LogP) is 2.51. The highest BCUT2D eigenvalue weighted by molar-refractivity contribution is 14.1. The van der Waals surface area contributed by atoms with Gasteiger partial charge in [0, 0.05) is 9.61 Å². The van der Waals surface area contributed by atoms with Crippen LogP contribution in [-0.4, -0.2) is 12.0 Å². The van der Waals surface area contributed by atoms with Gasteiger partial charge in [0.2, 0.25) is 0 Å². The van der Waals surface area contributed by atoms with Gasteiger partial charge in [0.05, 0.1) is 11.6 Å². The van der Waals surface area contributed by atoms with Gasteiger partial charge < -0.3 is 11.1 Å². The van der Waals surface area contributed by atoms with Crippen molar-refractivity contribution in [2.75, 3.05) is 0 Å². The molecular weight excluding hydrogens is 336 g/mol. The molecule has 1 saturated carbocycles. The maximum Gasteiger partial charge on any atom is 0.189 e. The van der Waals surface area contributed by atoms with Crippen LogP contribution in [-0.2, 0) is 6.54 Å². The Labute approximate surface area is 114 Å². The summed E-state index contributed by atoms with van der Waals surface area (Å²) in [6, 6.07) is 6.47. The van der Waals surface area contributed by atoms with Crippen LogP contribution < -0.4 is 11.1 Å².